The van der Waals surface area contributed by atoms with Crippen LogP contribution in [0.1, 0.15) is 24.8 Å². The van der Waals surface area contributed by atoms with Crippen molar-refractivity contribution in [3.63, 3.8) is 0 Å². The Hall–Kier alpha value is -1.81. The Kier molecular flexibility index (Phi) is 2.59. The van der Waals surface area contributed by atoms with Gasteiger partial charge >= 0.3 is 0 Å². The molecule has 0 aromatic heterocycles. The molecule has 0 unspecified atom stereocenters. The summed E-state index contributed by atoms with van der Waals surface area (Å²) in [6.45, 7) is 0. The van der Waals surface area contributed by atoms with E-state index in [2.05, 4.69) is 17.5 Å². The molecule has 1 N–H and O–H groups in total. The van der Waals surface area contributed by atoms with Crippen LogP contribution in [0.2, 0.25) is 5.02 Å². The summed E-state index contributed by atoms with van der Waals surface area (Å²) in [5.74, 6) is 0.738. The topological polar surface area (TPSA) is 49.4 Å². The zero-order valence-corrected chi connectivity index (χ0v) is 13.3. The summed E-state index contributed by atoms with van der Waals surface area (Å²) in [5, 5.41) is 3.86. The molecule has 2 amide bonds. The lowest BCUT2D eigenvalue weighted by Crippen LogP contribution is -2.68. The van der Waals surface area contributed by atoms with E-state index >= 15 is 0 Å². The van der Waals surface area contributed by atoms with Gasteiger partial charge in [0.05, 0.1) is 12.0 Å². The number of nitrogens with one attached hydrogen (secondary N) is 1. The zero-order chi connectivity index (χ0) is 15.8. The van der Waals surface area contributed by atoms with E-state index in [-0.39, 0.29) is 29.7 Å². The molecule has 1 saturated carbocycles. The van der Waals surface area contributed by atoms with Crippen molar-refractivity contribution in [3.05, 3.63) is 47.0 Å². The number of hydrogen-bond acceptors (Lipinski definition) is 2. The quantitative estimate of drug-likeness (QED) is 0.805. The molecule has 2 aliphatic heterocycles. The highest BCUT2D eigenvalue weighted by Gasteiger charge is 2.63. The maximum atomic E-state index is 12.9. The normalized spacial score (nSPS) is 40.3. The largest absolute Gasteiger partial charge is 0.329 e. The summed E-state index contributed by atoms with van der Waals surface area (Å²) in [6.07, 6.45) is 6.45. The predicted octanol–water partition coefficient (Wildman–Crippen LogP) is 2.44. The first-order chi connectivity index (χ1) is 11.1. The third kappa shape index (κ3) is 1.62. The summed E-state index contributed by atoms with van der Waals surface area (Å²) >= 11 is 6.01. The van der Waals surface area contributed by atoms with E-state index in [0.29, 0.717) is 23.8 Å². The van der Waals surface area contributed by atoms with E-state index < -0.39 is 5.66 Å². The molecular formula is C18H17ClN2O2. The lowest BCUT2D eigenvalue weighted by molar-refractivity contribution is -0.153. The van der Waals surface area contributed by atoms with Gasteiger partial charge in [0.2, 0.25) is 11.8 Å². The molecular weight excluding hydrogens is 312 g/mol. The maximum Gasteiger partial charge on any atom is 0.227 e. The van der Waals surface area contributed by atoms with Crippen molar-refractivity contribution in [2.45, 2.75) is 31.0 Å². The molecule has 4 aliphatic rings. The number of fused-ring (bicyclic) bond motifs is 7. The van der Waals surface area contributed by atoms with Gasteiger partial charge in [-0.2, -0.15) is 0 Å². The summed E-state index contributed by atoms with van der Waals surface area (Å²) < 4.78 is 0. The SMILES string of the molecule is O=C1N[C@@]2(c3ccc(Cl)cc3)CCC(=O)N2[C@@H]2[C@H]1[C@H]1C=C[C@@H]2C1. The van der Waals surface area contributed by atoms with Crippen LogP contribution in [-0.4, -0.2) is 22.8 Å². The van der Waals surface area contributed by atoms with E-state index in [0.717, 1.165) is 12.0 Å². The Morgan fingerprint density at radius 1 is 1.13 bits per heavy atom. The molecule has 3 fully saturated rings. The van der Waals surface area contributed by atoms with Gasteiger partial charge in [0, 0.05) is 17.9 Å². The molecule has 2 saturated heterocycles. The van der Waals surface area contributed by atoms with Gasteiger partial charge in [0.1, 0.15) is 5.66 Å². The van der Waals surface area contributed by atoms with Gasteiger partial charge in [0.15, 0.2) is 0 Å². The molecule has 1 aromatic rings. The molecule has 5 rings (SSSR count). The first-order valence-electron chi connectivity index (χ1n) is 8.19. The second kappa shape index (κ2) is 4.38. The lowest BCUT2D eigenvalue weighted by atomic mass is 9.81. The summed E-state index contributed by atoms with van der Waals surface area (Å²) in [7, 11) is 0. The molecule has 23 heavy (non-hydrogen) atoms. The minimum absolute atomic E-state index is 0.00410. The van der Waals surface area contributed by atoms with Crippen LogP contribution in [0.15, 0.2) is 36.4 Å². The number of carbonyl (C=O) groups excluding carboxylic acids is 2. The number of carbonyl (C=O) groups is 2. The van der Waals surface area contributed by atoms with Crippen molar-refractivity contribution in [3.8, 4) is 0 Å². The number of allylic oxidation sites excluding steroid dienone is 1. The average Bonchev–Trinajstić information content (AvgIpc) is 3.22. The first-order valence-corrected chi connectivity index (χ1v) is 8.56. The highest BCUT2D eigenvalue weighted by atomic mass is 35.5. The van der Waals surface area contributed by atoms with Gasteiger partial charge in [-0.15, -0.1) is 0 Å². The molecule has 0 spiro atoms. The van der Waals surface area contributed by atoms with Crippen LogP contribution in [0.4, 0.5) is 0 Å². The van der Waals surface area contributed by atoms with Crippen molar-refractivity contribution >= 4 is 23.4 Å². The number of halogens is 1. The highest BCUT2D eigenvalue weighted by molar-refractivity contribution is 6.30. The molecule has 2 bridgehead atoms. The van der Waals surface area contributed by atoms with Gasteiger partial charge < -0.3 is 10.2 Å². The van der Waals surface area contributed by atoms with Crippen molar-refractivity contribution in [1.29, 1.82) is 0 Å². The van der Waals surface area contributed by atoms with Crippen LogP contribution in [0.3, 0.4) is 0 Å². The Morgan fingerprint density at radius 3 is 2.65 bits per heavy atom. The van der Waals surface area contributed by atoms with Gasteiger partial charge in [-0.25, -0.2) is 0 Å². The average molecular weight is 329 g/mol. The Morgan fingerprint density at radius 2 is 1.87 bits per heavy atom. The van der Waals surface area contributed by atoms with Crippen LogP contribution in [0.25, 0.3) is 0 Å². The van der Waals surface area contributed by atoms with E-state index in [1.165, 1.54) is 0 Å². The van der Waals surface area contributed by atoms with Gasteiger partial charge in [-0.3, -0.25) is 9.59 Å². The van der Waals surface area contributed by atoms with Crippen molar-refractivity contribution in [2.24, 2.45) is 17.8 Å². The van der Waals surface area contributed by atoms with Crippen molar-refractivity contribution in [1.82, 2.24) is 10.2 Å². The monoisotopic (exact) mass is 328 g/mol. The third-order valence-corrected chi connectivity index (χ3v) is 6.30. The lowest BCUT2D eigenvalue weighted by Gasteiger charge is -2.51. The number of amides is 2. The Balaban J connectivity index is 1.66. The molecule has 2 aliphatic carbocycles. The van der Waals surface area contributed by atoms with Crippen LogP contribution in [-0.2, 0) is 15.3 Å². The minimum atomic E-state index is -0.696. The summed E-state index contributed by atoms with van der Waals surface area (Å²) in [6, 6.07) is 7.51. The van der Waals surface area contributed by atoms with Gasteiger partial charge in [-0.1, -0.05) is 35.9 Å². The van der Waals surface area contributed by atoms with E-state index in [9.17, 15) is 9.59 Å². The Bertz CT molecular complexity index is 744. The van der Waals surface area contributed by atoms with E-state index in [4.69, 9.17) is 11.6 Å². The second-order valence-corrected chi connectivity index (χ2v) is 7.52. The summed E-state index contributed by atoms with van der Waals surface area (Å²) in [5.41, 5.74) is 0.254. The molecule has 5 atom stereocenters. The number of benzene rings is 1. The standard InChI is InChI=1S/C18H17ClN2O2/c19-13-5-3-12(4-6-13)18-8-7-14(22)21(18)16-11-2-1-10(9-11)15(16)17(23)20-18/h1-6,10-11,15-16H,7-9H2,(H,20,23)/t10-,11+,15+,16-,18-/m0/s1. The summed E-state index contributed by atoms with van der Waals surface area (Å²) in [4.78, 5) is 27.5. The van der Waals surface area contributed by atoms with Crippen LogP contribution in [0.5, 0.6) is 0 Å². The molecule has 118 valence electrons. The molecule has 0 radical (unpaired) electrons. The number of hydrogen-bond donors (Lipinski definition) is 1. The zero-order valence-electron chi connectivity index (χ0n) is 12.5. The van der Waals surface area contributed by atoms with Gasteiger partial charge in [0.25, 0.3) is 0 Å². The number of nitrogens with zero attached hydrogens (tertiary/aromatic N) is 1. The minimum Gasteiger partial charge on any atom is -0.329 e. The van der Waals surface area contributed by atoms with E-state index in [1.807, 2.05) is 29.2 Å². The second-order valence-electron chi connectivity index (χ2n) is 7.08. The number of rotatable bonds is 1. The fourth-order valence-electron chi connectivity index (χ4n) is 5.15. The molecule has 5 heteroatoms. The smallest absolute Gasteiger partial charge is 0.227 e. The molecule has 4 nitrogen and oxygen atoms in total. The Labute approximate surface area is 139 Å². The molecule has 2 heterocycles. The predicted molar refractivity (Wildman–Crippen MR) is 85.4 cm³/mol. The van der Waals surface area contributed by atoms with Crippen LogP contribution in [0, 0.1) is 17.8 Å². The molecule has 1 aromatic carbocycles. The fraction of sp³-hybridized carbons (Fsp3) is 0.444. The first kappa shape index (κ1) is 13.6. The maximum absolute atomic E-state index is 12.9. The third-order valence-electron chi connectivity index (χ3n) is 6.05. The van der Waals surface area contributed by atoms with Crippen molar-refractivity contribution < 1.29 is 9.59 Å². The van der Waals surface area contributed by atoms with E-state index in [1.54, 1.807) is 0 Å². The van der Waals surface area contributed by atoms with Gasteiger partial charge in [-0.05, 0) is 36.0 Å². The van der Waals surface area contributed by atoms with Crippen LogP contribution < -0.4 is 5.32 Å². The fourth-order valence-corrected chi connectivity index (χ4v) is 5.28. The van der Waals surface area contributed by atoms with Crippen molar-refractivity contribution in [2.75, 3.05) is 0 Å². The highest BCUT2D eigenvalue weighted by Crippen LogP contribution is 2.54. The van der Waals surface area contributed by atoms with Crippen LogP contribution >= 0.6 is 11.6 Å².